The van der Waals surface area contributed by atoms with Crippen molar-refractivity contribution in [3.63, 3.8) is 0 Å². The number of hydrogen-bond acceptors (Lipinski definition) is 6. The average Bonchev–Trinajstić information content (AvgIpc) is 2.58. The zero-order chi connectivity index (χ0) is 21.8. The van der Waals surface area contributed by atoms with E-state index in [1.807, 2.05) is 0 Å². The van der Waals surface area contributed by atoms with Gasteiger partial charge >= 0.3 is 6.09 Å². The predicted octanol–water partition coefficient (Wildman–Crippen LogP) is -0.705. The van der Waals surface area contributed by atoms with Gasteiger partial charge in [-0.15, -0.1) is 0 Å². The molecular weight excluding hydrogens is 380 g/mol. The number of aliphatic hydroxyl groups is 1. The second-order valence-corrected chi connectivity index (χ2v) is 8.41. The molecule has 29 heavy (non-hydrogen) atoms. The number of alkyl carbamates (subject to hydrolysis) is 1. The van der Waals surface area contributed by atoms with Crippen molar-refractivity contribution in [3.8, 4) is 0 Å². The van der Waals surface area contributed by atoms with E-state index < -0.39 is 35.9 Å². The predicted molar refractivity (Wildman–Crippen MR) is 105 cm³/mol. The summed E-state index contributed by atoms with van der Waals surface area (Å²) in [5, 5.41) is 23.1. The lowest BCUT2D eigenvalue weighted by Crippen LogP contribution is -2.60. The molecule has 2 aliphatic rings. The van der Waals surface area contributed by atoms with Gasteiger partial charge in [0, 0.05) is 13.1 Å². The number of aliphatic hydroxyl groups excluding tert-OH is 1. The molecule has 11 heteroatoms. The molecule has 2 saturated heterocycles. The molecule has 3 unspecified atom stereocenters. The Hall–Kier alpha value is -2.56. The molecule has 3 amide bonds. The average molecular weight is 412 g/mol. The Morgan fingerprint density at radius 2 is 1.90 bits per heavy atom. The summed E-state index contributed by atoms with van der Waals surface area (Å²) < 4.78 is 5.19. The minimum Gasteiger partial charge on any atom is -0.444 e. The highest BCUT2D eigenvalue weighted by Crippen LogP contribution is 2.16. The van der Waals surface area contributed by atoms with Crippen molar-refractivity contribution in [2.75, 3.05) is 19.6 Å². The van der Waals surface area contributed by atoms with Crippen LogP contribution in [0.2, 0.25) is 0 Å². The minimum absolute atomic E-state index is 0.172. The third kappa shape index (κ3) is 6.48. The van der Waals surface area contributed by atoms with Crippen LogP contribution in [0.5, 0.6) is 0 Å². The van der Waals surface area contributed by atoms with E-state index >= 15 is 0 Å². The summed E-state index contributed by atoms with van der Waals surface area (Å²) in [4.78, 5) is 39.7. The number of amides is 3. The first-order chi connectivity index (χ1) is 13.5. The Labute approximate surface area is 170 Å². The van der Waals surface area contributed by atoms with Crippen molar-refractivity contribution in [3.05, 3.63) is 0 Å². The normalized spacial score (nSPS) is 25.4. The summed E-state index contributed by atoms with van der Waals surface area (Å²) in [6, 6.07) is -1.31. The Bertz CT molecular complexity index is 649. The molecule has 0 radical (unpaired) electrons. The van der Waals surface area contributed by atoms with Crippen LogP contribution in [0.25, 0.3) is 0 Å². The van der Waals surface area contributed by atoms with Gasteiger partial charge in [0.1, 0.15) is 17.9 Å². The van der Waals surface area contributed by atoms with Crippen LogP contribution in [0.3, 0.4) is 0 Å². The van der Waals surface area contributed by atoms with Gasteiger partial charge in [0.05, 0.1) is 12.6 Å². The maximum atomic E-state index is 12.6. The van der Waals surface area contributed by atoms with Gasteiger partial charge in [-0.2, -0.15) is 0 Å². The number of carbonyl (C=O) groups is 3. The van der Waals surface area contributed by atoms with Crippen LogP contribution in [-0.4, -0.2) is 82.3 Å². The maximum Gasteiger partial charge on any atom is 0.408 e. The topological polar surface area (TPSA) is 161 Å². The monoisotopic (exact) mass is 412 g/mol. The van der Waals surface area contributed by atoms with Gasteiger partial charge in [0.15, 0.2) is 5.96 Å². The van der Waals surface area contributed by atoms with Crippen molar-refractivity contribution in [1.82, 2.24) is 20.4 Å². The second-order valence-electron chi connectivity index (χ2n) is 8.41. The van der Waals surface area contributed by atoms with E-state index in [2.05, 4.69) is 10.6 Å². The molecule has 0 aliphatic carbocycles. The van der Waals surface area contributed by atoms with Crippen LogP contribution in [0.1, 0.15) is 46.5 Å². The zero-order valence-electron chi connectivity index (χ0n) is 17.2. The quantitative estimate of drug-likeness (QED) is 0.301. The molecule has 0 spiro atoms. The van der Waals surface area contributed by atoms with Crippen molar-refractivity contribution < 1.29 is 24.2 Å². The van der Waals surface area contributed by atoms with Crippen LogP contribution in [0.4, 0.5) is 4.79 Å². The SMILES string of the molecule is CC(C)(C)OC(=O)NC1CCCN(CC(=O)NC2CCCN(C(=N)N)C2O)C1=O. The van der Waals surface area contributed by atoms with E-state index in [9.17, 15) is 19.5 Å². The summed E-state index contributed by atoms with van der Waals surface area (Å²) >= 11 is 0. The van der Waals surface area contributed by atoms with Gasteiger partial charge in [0.25, 0.3) is 0 Å². The molecule has 0 bridgehead atoms. The highest BCUT2D eigenvalue weighted by Gasteiger charge is 2.35. The van der Waals surface area contributed by atoms with Crippen LogP contribution >= 0.6 is 0 Å². The Morgan fingerprint density at radius 1 is 1.24 bits per heavy atom. The molecule has 164 valence electrons. The molecule has 0 saturated carbocycles. The van der Waals surface area contributed by atoms with E-state index in [1.54, 1.807) is 20.8 Å². The van der Waals surface area contributed by atoms with E-state index in [0.717, 1.165) is 0 Å². The van der Waals surface area contributed by atoms with E-state index in [4.69, 9.17) is 15.9 Å². The van der Waals surface area contributed by atoms with Gasteiger partial charge in [-0.05, 0) is 46.5 Å². The fraction of sp³-hybridized carbons (Fsp3) is 0.778. The summed E-state index contributed by atoms with van der Waals surface area (Å²) in [5.41, 5.74) is 4.78. The lowest BCUT2D eigenvalue weighted by molar-refractivity contribution is -0.140. The number of ether oxygens (including phenoxy) is 1. The van der Waals surface area contributed by atoms with Crippen LogP contribution in [0, 0.1) is 5.41 Å². The number of hydrogen-bond donors (Lipinski definition) is 5. The number of nitrogens with two attached hydrogens (primary N) is 1. The first kappa shape index (κ1) is 22.7. The van der Waals surface area contributed by atoms with E-state index in [0.29, 0.717) is 38.8 Å². The molecule has 0 aromatic carbocycles. The number of rotatable bonds is 4. The van der Waals surface area contributed by atoms with Crippen molar-refractivity contribution in [2.24, 2.45) is 5.73 Å². The fourth-order valence-electron chi connectivity index (χ4n) is 3.50. The molecule has 0 aromatic heterocycles. The third-order valence-corrected chi connectivity index (χ3v) is 4.81. The van der Waals surface area contributed by atoms with Gasteiger partial charge < -0.3 is 36.0 Å². The van der Waals surface area contributed by atoms with Gasteiger partial charge in [0.2, 0.25) is 11.8 Å². The molecule has 3 atom stereocenters. The first-order valence-electron chi connectivity index (χ1n) is 9.84. The Balaban J connectivity index is 1.88. The number of likely N-dealkylation sites (tertiary alicyclic amines) is 2. The summed E-state index contributed by atoms with van der Waals surface area (Å²) in [6.07, 6.45) is 0.592. The summed E-state index contributed by atoms with van der Waals surface area (Å²) in [7, 11) is 0. The Morgan fingerprint density at radius 3 is 2.52 bits per heavy atom. The molecule has 2 aliphatic heterocycles. The lowest BCUT2D eigenvalue weighted by Gasteiger charge is -2.39. The minimum atomic E-state index is -1.08. The van der Waals surface area contributed by atoms with Crippen molar-refractivity contribution in [2.45, 2.75) is 70.4 Å². The molecule has 2 rings (SSSR count). The fourth-order valence-corrected chi connectivity index (χ4v) is 3.50. The Kier molecular flexibility index (Phi) is 7.28. The van der Waals surface area contributed by atoms with Crippen molar-refractivity contribution in [1.29, 1.82) is 5.41 Å². The van der Waals surface area contributed by atoms with Crippen LogP contribution < -0.4 is 16.4 Å². The van der Waals surface area contributed by atoms with Crippen LogP contribution in [0.15, 0.2) is 0 Å². The van der Waals surface area contributed by atoms with E-state index in [-0.39, 0.29) is 18.4 Å². The maximum absolute atomic E-state index is 12.6. The van der Waals surface area contributed by atoms with Crippen LogP contribution in [-0.2, 0) is 14.3 Å². The second kappa shape index (κ2) is 9.29. The highest BCUT2D eigenvalue weighted by atomic mass is 16.6. The lowest BCUT2D eigenvalue weighted by atomic mass is 10.0. The number of guanidine groups is 1. The number of carbonyl (C=O) groups excluding carboxylic acids is 3. The molecule has 0 aromatic rings. The smallest absolute Gasteiger partial charge is 0.408 e. The highest BCUT2D eigenvalue weighted by molar-refractivity contribution is 5.90. The molecular formula is C18H32N6O5. The van der Waals surface area contributed by atoms with Gasteiger partial charge in [-0.3, -0.25) is 15.0 Å². The third-order valence-electron chi connectivity index (χ3n) is 4.81. The first-order valence-corrected chi connectivity index (χ1v) is 9.84. The van der Waals surface area contributed by atoms with Gasteiger partial charge in [-0.25, -0.2) is 4.79 Å². The molecule has 2 fully saturated rings. The summed E-state index contributed by atoms with van der Waals surface area (Å²) in [5.74, 6) is -1.00. The summed E-state index contributed by atoms with van der Waals surface area (Å²) in [6.45, 7) is 5.89. The molecule has 11 nitrogen and oxygen atoms in total. The molecule has 2 heterocycles. The van der Waals surface area contributed by atoms with E-state index in [1.165, 1.54) is 9.80 Å². The van der Waals surface area contributed by atoms with Gasteiger partial charge in [-0.1, -0.05) is 0 Å². The zero-order valence-corrected chi connectivity index (χ0v) is 17.2. The number of nitrogens with zero attached hydrogens (tertiary/aromatic N) is 2. The molecule has 6 N–H and O–H groups in total. The number of piperidine rings is 2. The largest absolute Gasteiger partial charge is 0.444 e. The standard InChI is InChI=1S/C18H32N6O5/c1-18(2,3)29-17(28)22-11-6-4-8-23(14(11)26)10-13(25)21-12-7-5-9-24(15(12)27)16(19)20/h11-12,15,27H,4-10H2,1-3H3,(H3,19,20)(H,21,25)(H,22,28). The van der Waals surface area contributed by atoms with Crippen molar-refractivity contribution >= 4 is 23.9 Å². The number of nitrogens with one attached hydrogen (secondary N) is 3.